The summed E-state index contributed by atoms with van der Waals surface area (Å²) in [5.41, 5.74) is 11.5. The number of nitrogens with one attached hydrogen (secondary N) is 2. The van der Waals surface area contributed by atoms with Crippen molar-refractivity contribution >= 4 is 17.5 Å². The van der Waals surface area contributed by atoms with Crippen LogP contribution in [0.5, 0.6) is 0 Å². The van der Waals surface area contributed by atoms with Crippen LogP contribution in [0.25, 0.3) is 0 Å². The van der Waals surface area contributed by atoms with Gasteiger partial charge in [-0.2, -0.15) is 0 Å². The van der Waals surface area contributed by atoms with Crippen LogP contribution >= 0.6 is 0 Å². The van der Waals surface area contributed by atoms with E-state index in [1.165, 1.54) is 6.20 Å². The number of nitrogen functional groups attached to an aromatic ring is 1. The predicted molar refractivity (Wildman–Crippen MR) is 52.4 cm³/mol. The summed E-state index contributed by atoms with van der Waals surface area (Å²) in [5.74, 6) is 0. The highest BCUT2D eigenvalue weighted by atomic mass is 16.5. The van der Waals surface area contributed by atoms with Gasteiger partial charge in [0.2, 0.25) is 0 Å². The summed E-state index contributed by atoms with van der Waals surface area (Å²) >= 11 is 0. The monoisotopic (exact) mass is 196 g/mol. The summed E-state index contributed by atoms with van der Waals surface area (Å²) in [6, 6.07) is 1.64. The van der Waals surface area contributed by atoms with Gasteiger partial charge in [-0.1, -0.05) is 0 Å². The number of amides is 1. The third-order valence-corrected chi connectivity index (χ3v) is 1.43. The van der Waals surface area contributed by atoms with E-state index in [2.05, 4.69) is 20.6 Å². The molecule has 0 unspecified atom stereocenters. The lowest BCUT2D eigenvalue weighted by Crippen LogP contribution is -2.30. The second-order valence-corrected chi connectivity index (χ2v) is 2.43. The van der Waals surface area contributed by atoms with Gasteiger partial charge >= 0.3 is 6.09 Å². The number of nitrogens with two attached hydrogens (primary N) is 1. The maximum absolute atomic E-state index is 10.9. The Morgan fingerprint density at radius 2 is 2.50 bits per heavy atom. The van der Waals surface area contributed by atoms with E-state index in [-0.39, 0.29) is 0 Å². The zero-order valence-electron chi connectivity index (χ0n) is 7.78. The summed E-state index contributed by atoms with van der Waals surface area (Å²) in [5, 5.41) is 0. The first-order valence-electron chi connectivity index (χ1n) is 4.12. The van der Waals surface area contributed by atoms with Gasteiger partial charge in [0.05, 0.1) is 24.2 Å². The van der Waals surface area contributed by atoms with Gasteiger partial charge in [-0.25, -0.2) is 10.2 Å². The van der Waals surface area contributed by atoms with E-state index in [4.69, 9.17) is 5.73 Å². The molecule has 0 aliphatic carbocycles. The average Bonchev–Trinajstić information content (AvgIpc) is 2.17. The molecule has 76 valence electrons. The Labute approximate surface area is 81.4 Å². The minimum atomic E-state index is -0.552. The molecule has 0 fully saturated rings. The van der Waals surface area contributed by atoms with Gasteiger partial charge in [0, 0.05) is 6.20 Å². The number of hydrogen-bond acceptors (Lipinski definition) is 5. The molecule has 1 aromatic heterocycles. The fourth-order valence-corrected chi connectivity index (χ4v) is 0.806. The van der Waals surface area contributed by atoms with E-state index in [0.717, 1.165) is 0 Å². The molecule has 0 aliphatic heterocycles. The molecule has 1 amide bonds. The lowest BCUT2D eigenvalue weighted by atomic mass is 10.4. The van der Waals surface area contributed by atoms with Crippen molar-refractivity contribution in [2.45, 2.75) is 6.92 Å². The number of carbonyl (C=O) groups is 1. The molecule has 0 saturated heterocycles. The van der Waals surface area contributed by atoms with Crippen molar-refractivity contribution in [3.63, 3.8) is 0 Å². The first kappa shape index (κ1) is 10.1. The molecule has 6 nitrogen and oxygen atoms in total. The lowest BCUT2D eigenvalue weighted by molar-refractivity contribution is 0.154. The van der Waals surface area contributed by atoms with E-state index in [0.29, 0.717) is 18.0 Å². The highest BCUT2D eigenvalue weighted by molar-refractivity contribution is 5.72. The summed E-state index contributed by atoms with van der Waals surface area (Å²) in [4.78, 5) is 14.7. The minimum absolute atomic E-state index is 0.319. The maximum atomic E-state index is 10.9. The van der Waals surface area contributed by atoms with Crippen molar-refractivity contribution < 1.29 is 9.53 Å². The molecule has 0 spiro atoms. The van der Waals surface area contributed by atoms with Gasteiger partial charge in [-0.15, -0.1) is 0 Å². The Hall–Kier alpha value is -1.98. The van der Waals surface area contributed by atoms with Crippen LogP contribution in [0.4, 0.5) is 16.2 Å². The number of carbonyl (C=O) groups excluding carboxylic acids is 1. The molecule has 0 radical (unpaired) electrons. The Balaban J connectivity index is 2.46. The topological polar surface area (TPSA) is 89.3 Å². The fourth-order valence-electron chi connectivity index (χ4n) is 0.806. The van der Waals surface area contributed by atoms with E-state index < -0.39 is 6.09 Å². The Bertz CT molecular complexity index is 316. The molecule has 0 atom stereocenters. The minimum Gasteiger partial charge on any atom is -0.449 e. The summed E-state index contributed by atoms with van der Waals surface area (Å²) in [6.07, 6.45) is 2.49. The molecule has 6 heteroatoms. The van der Waals surface area contributed by atoms with Crippen molar-refractivity contribution in [2.24, 2.45) is 0 Å². The number of hydrazine groups is 1. The van der Waals surface area contributed by atoms with Gasteiger partial charge < -0.3 is 10.5 Å². The van der Waals surface area contributed by atoms with Crippen LogP contribution in [-0.2, 0) is 4.74 Å². The number of anilines is 2. The molecule has 0 saturated carbocycles. The number of aromatic nitrogens is 1. The smallest absolute Gasteiger partial charge is 0.425 e. The summed E-state index contributed by atoms with van der Waals surface area (Å²) in [7, 11) is 0. The van der Waals surface area contributed by atoms with Crippen molar-refractivity contribution in [3.8, 4) is 0 Å². The number of nitrogens with zero attached hydrogens (tertiary/aromatic N) is 1. The summed E-state index contributed by atoms with van der Waals surface area (Å²) in [6.45, 7) is 2.04. The van der Waals surface area contributed by atoms with Crippen LogP contribution < -0.4 is 16.6 Å². The standard InChI is InChI=1S/C8H12N4O2/c1-2-14-8(13)12-11-7-3-4-10-5-6(7)9/h3-5H,2,9H2,1H3,(H,10,11)(H,12,13). The molecule has 4 N–H and O–H groups in total. The van der Waals surface area contributed by atoms with E-state index in [1.54, 1.807) is 19.2 Å². The highest BCUT2D eigenvalue weighted by Gasteiger charge is 2.00. The number of hydrogen-bond donors (Lipinski definition) is 3. The molecular weight excluding hydrogens is 184 g/mol. The van der Waals surface area contributed by atoms with Crippen LogP contribution in [0.3, 0.4) is 0 Å². The molecule has 14 heavy (non-hydrogen) atoms. The number of pyridine rings is 1. The van der Waals surface area contributed by atoms with E-state index >= 15 is 0 Å². The van der Waals surface area contributed by atoms with Crippen LogP contribution in [-0.4, -0.2) is 17.7 Å². The summed E-state index contributed by atoms with van der Waals surface area (Å²) < 4.78 is 4.63. The predicted octanol–water partition coefficient (Wildman–Crippen LogP) is 0.737. The molecular formula is C8H12N4O2. The molecule has 1 aromatic rings. The zero-order chi connectivity index (χ0) is 10.4. The second-order valence-electron chi connectivity index (χ2n) is 2.43. The third-order valence-electron chi connectivity index (χ3n) is 1.43. The first-order valence-corrected chi connectivity index (χ1v) is 4.12. The van der Waals surface area contributed by atoms with Crippen LogP contribution in [0.1, 0.15) is 6.92 Å². The van der Waals surface area contributed by atoms with Crippen molar-refractivity contribution in [3.05, 3.63) is 18.5 Å². The maximum Gasteiger partial charge on any atom is 0.425 e. The van der Waals surface area contributed by atoms with Crippen molar-refractivity contribution in [2.75, 3.05) is 17.8 Å². The van der Waals surface area contributed by atoms with Crippen molar-refractivity contribution in [1.29, 1.82) is 0 Å². The molecule has 0 aromatic carbocycles. The number of rotatable bonds is 3. The Morgan fingerprint density at radius 3 is 3.14 bits per heavy atom. The molecule has 0 bridgehead atoms. The highest BCUT2D eigenvalue weighted by Crippen LogP contribution is 2.13. The van der Waals surface area contributed by atoms with Crippen LogP contribution in [0.2, 0.25) is 0 Å². The zero-order valence-corrected chi connectivity index (χ0v) is 7.78. The Morgan fingerprint density at radius 1 is 1.71 bits per heavy atom. The van der Waals surface area contributed by atoms with E-state index in [9.17, 15) is 4.79 Å². The molecule has 1 rings (SSSR count). The quantitative estimate of drug-likeness (QED) is 0.620. The van der Waals surface area contributed by atoms with Gasteiger partial charge in [-0.05, 0) is 13.0 Å². The first-order chi connectivity index (χ1) is 6.74. The van der Waals surface area contributed by atoms with Gasteiger partial charge in [-0.3, -0.25) is 10.4 Å². The van der Waals surface area contributed by atoms with E-state index in [1.807, 2.05) is 0 Å². The molecule has 0 aliphatic rings. The van der Waals surface area contributed by atoms with Crippen LogP contribution in [0.15, 0.2) is 18.5 Å². The molecule has 1 heterocycles. The Kier molecular flexibility index (Phi) is 3.54. The van der Waals surface area contributed by atoms with Crippen LogP contribution in [0, 0.1) is 0 Å². The second kappa shape index (κ2) is 4.90. The fraction of sp³-hybridized carbons (Fsp3) is 0.250. The van der Waals surface area contributed by atoms with Gasteiger partial charge in [0.25, 0.3) is 0 Å². The lowest BCUT2D eigenvalue weighted by Gasteiger charge is -2.09. The van der Waals surface area contributed by atoms with Gasteiger partial charge in [0.1, 0.15) is 0 Å². The van der Waals surface area contributed by atoms with Gasteiger partial charge in [0.15, 0.2) is 0 Å². The third kappa shape index (κ3) is 2.81. The number of ether oxygens (including phenoxy) is 1. The van der Waals surface area contributed by atoms with Crippen molar-refractivity contribution in [1.82, 2.24) is 10.4 Å². The largest absolute Gasteiger partial charge is 0.449 e. The SMILES string of the molecule is CCOC(=O)NNc1ccncc1N. The average molecular weight is 196 g/mol. The normalized spacial score (nSPS) is 9.21.